The number of ketones is 1. The molecule has 1 rings (SSSR count). The minimum Gasteiger partial charge on any atom is -0.466 e. The number of hydrogen-bond acceptors (Lipinski definition) is 3. The molecule has 1 aliphatic carbocycles. The van der Waals surface area contributed by atoms with E-state index in [0.717, 1.165) is 19.3 Å². The van der Waals surface area contributed by atoms with Gasteiger partial charge in [0.25, 0.3) is 0 Å². The van der Waals surface area contributed by atoms with Crippen LogP contribution in [0.4, 0.5) is 0 Å². The fourth-order valence-corrected chi connectivity index (χ4v) is 3.43. The third-order valence-corrected chi connectivity index (χ3v) is 4.70. The van der Waals surface area contributed by atoms with E-state index in [2.05, 4.69) is 20.4 Å². The lowest BCUT2D eigenvalue weighted by atomic mass is 9.64. The summed E-state index contributed by atoms with van der Waals surface area (Å²) < 4.78 is 4.78. The predicted octanol–water partition coefficient (Wildman–Crippen LogP) is 3.38. The van der Waals surface area contributed by atoms with E-state index in [-0.39, 0.29) is 17.7 Å². The first-order valence-electron chi connectivity index (χ1n) is 7.15. The Labute approximate surface area is 116 Å². The van der Waals surface area contributed by atoms with Crippen molar-refractivity contribution in [3.8, 4) is 0 Å². The normalized spacial score (nSPS) is 30.7. The van der Waals surface area contributed by atoms with E-state index in [1.54, 1.807) is 6.92 Å². The Kier molecular flexibility index (Phi) is 5.77. The molecule has 3 heteroatoms. The van der Waals surface area contributed by atoms with E-state index in [1.165, 1.54) is 7.11 Å². The number of hydrogen-bond donors (Lipinski definition) is 0. The summed E-state index contributed by atoms with van der Waals surface area (Å²) in [6.45, 7) is 9.98. The van der Waals surface area contributed by atoms with Gasteiger partial charge in [-0.3, -0.25) is 0 Å². The summed E-state index contributed by atoms with van der Waals surface area (Å²) in [6.07, 6.45) is 3.64. The molecule has 0 aliphatic heterocycles. The van der Waals surface area contributed by atoms with Crippen molar-refractivity contribution in [3.05, 3.63) is 12.2 Å². The number of carbonyl (C=O) groups is 2. The summed E-state index contributed by atoms with van der Waals surface area (Å²) in [4.78, 5) is 22.8. The predicted molar refractivity (Wildman–Crippen MR) is 75.6 cm³/mol. The van der Waals surface area contributed by atoms with Crippen molar-refractivity contribution in [1.29, 1.82) is 0 Å². The van der Waals surface area contributed by atoms with Gasteiger partial charge in [0.2, 0.25) is 0 Å². The standard InChI is InChI=1S/C16H26O3/c1-10-6-8-15(13(4)16(18)19-5)12(3)14(10)9-7-11(2)17/h10,12,14-15H,4,6-9H2,1-3,5H3/t10-,12?,14?,15?/m1/s1. The lowest BCUT2D eigenvalue weighted by molar-refractivity contribution is -0.137. The van der Waals surface area contributed by atoms with E-state index >= 15 is 0 Å². The van der Waals surface area contributed by atoms with Gasteiger partial charge in [0.15, 0.2) is 0 Å². The highest BCUT2D eigenvalue weighted by molar-refractivity contribution is 5.88. The van der Waals surface area contributed by atoms with Crippen molar-refractivity contribution in [2.24, 2.45) is 23.7 Å². The Balaban J connectivity index is 2.74. The quantitative estimate of drug-likeness (QED) is 0.566. The van der Waals surface area contributed by atoms with Crippen LogP contribution >= 0.6 is 0 Å². The number of ether oxygens (including phenoxy) is 1. The zero-order valence-electron chi connectivity index (χ0n) is 12.6. The Morgan fingerprint density at radius 1 is 1.26 bits per heavy atom. The van der Waals surface area contributed by atoms with Crippen LogP contribution in [0.1, 0.15) is 46.5 Å². The van der Waals surface area contributed by atoms with Crippen molar-refractivity contribution in [3.63, 3.8) is 0 Å². The molecule has 0 radical (unpaired) electrons. The highest BCUT2D eigenvalue weighted by atomic mass is 16.5. The third-order valence-electron chi connectivity index (χ3n) is 4.70. The van der Waals surface area contributed by atoms with Gasteiger partial charge < -0.3 is 9.53 Å². The van der Waals surface area contributed by atoms with Crippen LogP contribution in [-0.4, -0.2) is 18.9 Å². The number of carbonyl (C=O) groups excluding carboxylic acids is 2. The number of Topliss-reactive ketones (excluding diaryl/α,β-unsaturated/α-hetero) is 1. The van der Waals surface area contributed by atoms with Gasteiger partial charge in [0.1, 0.15) is 5.78 Å². The molecule has 0 bridgehead atoms. The summed E-state index contributed by atoms with van der Waals surface area (Å²) in [6, 6.07) is 0. The monoisotopic (exact) mass is 266 g/mol. The van der Waals surface area contributed by atoms with Crippen LogP contribution in [-0.2, 0) is 14.3 Å². The van der Waals surface area contributed by atoms with Gasteiger partial charge in [-0.2, -0.15) is 0 Å². The Hall–Kier alpha value is -1.12. The molecule has 0 aromatic carbocycles. The molecule has 3 unspecified atom stereocenters. The second-order valence-corrected chi connectivity index (χ2v) is 5.94. The summed E-state index contributed by atoms with van der Waals surface area (Å²) in [7, 11) is 1.40. The van der Waals surface area contributed by atoms with Crippen LogP contribution in [0, 0.1) is 23.7 Å². The molecule has 1 saturated carbocycles. The largest absolute Gasteiger partial charge is 0.466 e. The first kappa shape index (κ1) is 15.9. The molecular formula is C16H26O3. The fourth-order valence-electron chi connectivity index (χ4n) is 3.43. The minimum atomic E-state index is -0.295. The maximum Gasteiger partial charge on any atom is 0.333 e. The van der Waals surface area contributed by atoms with Gasteiger partial charge in [-0.05, 0) is 49.9 Å². The molecule has 0 heterocycles. The Morgan fingerprint density at radius 2 is 1.89 bits per heavy atom. The van der Waals surface area contributed by atoms with E-state index in [4.69, 9.17) is 4.74 Å². The third kappa shape index (κ3) is 3.92. The average molecular weight is 266 g/mol. The molecular weight excluding hydrogens is 240 g/mol. The molecule has 0 saturated heterocycles. The molecule has 0 aromatic rings. The number of methoxy groups -OCH3 is 1. The van der Waals surface area contributed by atoms with E-state index in [1.807, 2.05) is 0 Å². The summed E-state index contributed by atoms with van der Waals surface area (Å²) in [5.41, 5.74) is 0.592. The second-order valence-electron chi connectivity index (χ2n) is 5.94. The molecule has 19 heavy (non-hydrogen) atoms. The van der Waals surface area contributed by atoms with Crippen LogP contribution in [0.2, 0.25) is 0 Å². The zero-order valence-corrected chi connectivity index (χ0v) is 12.6. The molecule has 0 aromatic heterocycles. The van der Waals surface area contributed by atoms with E-state index in [9.17, 15) is 9.59 Å². The van der Waals surface area contributed by atoms with Gasteiger partial charge in [0, 0.05) is 12.0 Å². The first-order valence-corrected chi connectivity index (χ1v) is 7.15. The highest BCUT2D eigenvalue weighted by Crippen LogP contribution is 2.43. The van der Waals surface area contributed by atoms with Gasteiger partial charge >= 0.3 is 5.97 Å². The van der Waals surface area contributed by atoms with Crippen molar-refractivity contribution < 1.29 is 14.3 Å². The summed E-state index contributed by atoms with van der Waals surface area (Å²) in [5, 5.41) is 0. The van der Waals surface area contributed by atoms with E-state index in [0.29, 0.717) is 29.7 Å². The molecule has 0 N–H and O–H groups in total. The molecule has 0 spiro atoms. The Morgan fingerprint density at radius 3 is 2.42 bits per heavy atom. The molecule has 108 valence electrons. The maximum absolute atomic E-state index is 11.6. The molecule has 0 amide bonds. The lowest BCUT2D eigenvalue weighted by Gasteiger charge is -2.40. The van der Waals surface area contributed by atoms with Crippen LogP contribution in [0.3, 0.4) is 0 Å². The minimum absolute atomic E-state index is 0.195. The van der Waals surface area contributed by atoms with Crippen molar-refractivity contribution in [1.82, 2.24) is 0 Å². The molecule has 1 aliphatic rings. The first-order chi connectivity index (χ1) is 8.88. The Bertz CT molecular complexity index is 359. The topological polar surface area (TPSA) is 43.4 Å². The molecule has 1 fully saturated rings. The van der Waals surface area contributed by atoms with Gasteiger partial charge in [0.05, 0.1) is 7.11 Å². The molecule has 3 nitrogen and oxygen atoms in total. The van der Waals surface area contributed by atoms with Crippen molar-refractivity contribution >= 4 is 11.8 Å². The van der Waals surface area contributed by atoms with Crippen molar-refractivity contribution in [2.75, 3.05) is 7.11 Å². The zero-order chi connectivity index (χ0) is 14.6. The SMILES string of the molecule is C=C(C(=O)OC)C1CC[C@@H](C)C(CCC(C)=O)C1C. The van der Waals surface area contributed by atoms with Crippen LogP contribution in [0.25, 0.3) is 0 Å². The number of esters is 1. The maximum atomic E-state index is 11.6. The average Bonchev–Trinajstić information content (AvgIpc) is 2.36. The van der Waals surface area contributed by atoms with Crippen LogP contribution in [0.5, 0.6) is 0 Å². The van der Waals surface area contributed by atoms with Crippen LogP contribution < -0.4 is 0 Å². The van der Waals surface area contributed by atoms with Gasteiger partial charge in [-0.1, -0.05) is 20.4 Å². The second kappa shape index (κ2) is 6.88. The van der Waals surface area contributed by atoms with Crippen LogP contribution in [0.15, 0.2) is 12.2 Å². The smallest absolute Gasteiger partial charge is 0.333 e. The highest BCUT2D eigenvalue weighted by Gasteiger charge is 2.37. The molecule has 4 atom stereocenters. The van der Waals surface area contributed by atoms with Gasteiger partial charge in [-0.25, -0.2) is 4.79 Å². The summed E-state index contributed by atoms with van der Waals surface area (Å²) >= 11 is 0. The lowest BCUT2D eigenvalue weighted by Crippen LogP contribution is -2.34. The fraction of sp³-hybridized carbons (Fsp3) is 0.750. The van der Waals surface area contributed by atoms with Crippen molar-refractivity contribution in [2.45, 2.75) is 46.5 Å². The number of rotatable bonds is 5. The van der Waals surface area contributed by atoms with Gasteiger partial charge in [-0.15, -0.1) is 0 Å². The van der Waals surface area contributed by atoms with E-state index < -0.39 is 0 Å². The summed E-state index contributed by atoms with van der Waals surface area (Å²) in [5.74, 6) is 1.63.